The molecule has 0 saturated heterocycles. The Morgan fingerprint density at radius 2 is 1.94 bits per heavy atom. The van der Waals surface area contributed by atoms with E-state index in [1.165, 1.54) is 12.8 Å². The number of carbonyl (C=O) groups is 1. The molecule has 0 aliphatic heterocycles. The number of hydrogen-bond donors (Lipinski definition) is 2. The lowest BCUT2D eigenvalue weighted by Gasteiger charge is -2.30. The molecule has 1 atom stereocenters. The molecule has 0 aromatic carbocycles. The molecule has 18 heavy (non-hydrogen) atoms. The van der Waals surface area contributed by atoms with Gasteiger partial charge in [-0.15, -0.1) is 12.4 Å². The topological polar surface area (TPSA) is 55.1 Å². The summed E-state index contributed by atoms with van der Waals surface area (Å²) in [6.07, 6.45) is 8.75. The zero-order chi connectivity index (χ0) is 12.7. The summed E-state index contributed by atoms with van der Waals surface area (Å²) in [7, 11) is 0. The van der Waals surface area contributed by atoms with E-state index in [-0.39, 0.29) is 29.8 Å². The maximum Gasteiger partial charge on any atom is 0.223 e. The van der Waals surface area contributed by atoms with E-state index in [1.807, 2.05) is 0 Å². The van der Waals surface area contributed by atoms with Crippen LogP contribution in [0, 0.1) is 5.92 Å². The largest absolute Gasteiger partial charge is 0.349 e. The van der Waals surface area contributed by atoms with Gasteiger partial charge in [-0.05, 0) is 25.7 Å². The van der Waals surface area contributed by atoms with Gasteiger partial charge >= 0.3 is 0 Å². The van der Waals surface area contributed by atoms with Gasteiger partial charge in [0.05, 0.1) is 5.54 Å². The molecule has 0 bridgehead atoms. The number of carbonyl (C=O) groups excluding carboxylic acids is 1. The molecule has 4 heteroatoms. The molecule has 0 aromatic heterocycles. The Labute approximate surface area is 118 Å². The molecule has 1 fully saturated rings. The van der Waals surface area contributed by atoms with Crippen LogP contribution in [0.5, 0.6) is 0 Å². The zero-order valence-corrected chi connectivity index (χ0v) is 12.7. The van der Waals surface area contributed by atoms with Gasteiger partial charge in [-0.2, -0.15) is 0 Å². The third kappa shape index (κ3) is 4.77. The Morgan fingerprint density at radius 1 is 1.33 bits per heavy atom. The van der Waals surface area contributed by atoms with Crippen LogP contribution in [0.1, 0.15) is 65.2 Å². The second-order valence-electron chi connectivity index (χ2n) is 5.43. The Morgan fingerprint density at radius 3 is 2.39 bits per heavy atom. The summed E-state index contributed by atoms with van der Waals surface area (Å²) in [5, 5.41) is 3.24. The van der Waals surface area contributed by atoms with Crippen molar-refractivity contribution in [2.24, 2.45) is 11.7 Å². The van der Waals surface area contributed by atoms with Crippen LogP contribution in [-0.4, -0.2) is 18.0 Å². The van der Waals surface area contributed by atoms with E-state index >= 15 is 0 Å². The monoisotopic (exact) mass is 276 g/mol. The van der Waals surface area contributed by atoms with E-state index < -0.39 is 0 Å². The van der Waals surface area contributed by atoms with Gasteiger partial charge in [-0.1, -0.05) is 39.5 Å². The summed E-state index contributed by atoms with van der Waals surface area (Å²) >= 11 is 0. The van der Waals surface area contributed by atoms with E-state index in [2.05, 4.69) is 19.2 Å². The fourth-order valence-electron chi connectivity index (χ4n) is 2.77. The average molecular weight is 277 g/mol. The summed E-state index contributed by atoms with van der Waals surface area (Å²) < 4.78 is 0. The molecule has 0 heterocycles. The number of nitrogens with two attached hydrogens (primary N) is 1. The van der Waals surface area contributed by atoms with Gasteiger partial charge in [0, 0.05) is 12.5 Å². The van der Waals surface area contributed by atoms with E-state index in [0.717, 1.165) is 38.5 Å². The van der Waals surface area contributed by atoms with Crippen molar-refractivity contribution in [3.63, 3.8) is 0 Å². The lowest BCUT2D eigenvalue weighted by atomic mass is 9.93. The summed E-state index contributed by atoms with van der Waals surface area (Å²) in [6.45, 7) is 4.86. The quantitative estimate of drug-likeness (QED) is 0.751. The molecule has 1 aliphatic carbocycles. The van der Waals surface area contributed by atoms with Crippen LogP contribution in [0.4, 0.5) is 0 Å². The Balaban J connectivity index is 0.00000289. The summed E-state index contributed by atoms with van der Waals surface area (Å²) in [4.78, 5) is 12.2. The standard InChI is InChI=1S/C14H28N2O.ClH/c1-3-5-8-12(4-2)13(17)16-14(11-15)9-6-7-10-14;/h12H,3-11,15H2,1-2H3,(H,16,17);1H. The highest BCUT2D eigenvalue weighted by Crippen LogP contribution is 2.29. The fourth-order valence-corrected chi connectivity index (χ4v) is 2.77. The molecule has 1 rings (SSSR count). The number of rotatable bonds is 7. The minimum atomic E-state index is -0.0866. The van der Waals surface area contributed by atoms with Gasteiger partial charge < -0.3 is 11.1 Å². The SMILES string of the molecule is CCCCC(CC)C(=O)NC1(CN)CCCC1.Cl. The van der Waals surface area contributed by atoms with Crippen molar-refractivity contribution in [2.45, 2.75) is 70.8 Å². The highest BCUT2D eigenvalue weighted by atomic mass is 35.5. The molecule has 108 valence electrons. The van der Waals surface area contributed by atoms with Crippen LogP contribution in [0.25, 0.3) is 0 Å². The van der Waals surface area contributed by atoms with Gasteiger partial charge in [-0.3, -0.25) is 4.79 Å². The summed E-state index contributed by atoms with van der Waals surface area (Å²) in [5.74, 6) is 0.410. The zero-order valence-electron chi connectivity index (χ0n) is 11.8. The maximum atomic E-state index is 12.2. The van der Waals surface area contributed by atoms with Crippen molar-refractivity contribution in [3.05, 3.63) is 0 Å². The highest BCUT2D eigenvalue weighted by molar-refractivity contribution is 5.85. The summed E-state index contributed by atoms with van der Waals surface area (Å²) in [6, 6.07) is 0. The molecule has 1 saturated carbocycles. The number of amides is 1. The number of nitrogens with one attached hydrogen (secondary N) is 1. The predicted octanol–water partition coefficient (Wildman–Crippen LogP) is 3.01. The fraction of sp³-hybridized carbons (Fsp3) is 0.929. The van der Waals surface area contributed by atoms with Crippen molar-refractivity contribution in [1.82, 2.24) is 5.32 Å². The first-order chi connectivity index (χ1) is 8.17. The van der Waals surface area contributed by atoms with Crippen molar-refractivity contribution in [3.8, 4) is 0 Å². The van der Waals surface area contributed by atoms with Gasteiger partial charge in [0.1, 0.15) is 0 Å². The number of unbranched alkanes of at least 4 members (excludes halogenated alkanes) is 1. The second kappa shape index (κ2) is 8.76. The van der Waals surface area contributed by atoms with E-state index in [4.69, 9.17) is 5.73 Å². The predicted molar refractivity (Wildman–Crippen MR) is 79.0 cm³/mol. The molecule has 3 N–H and O–H groups in total. The van der Waals surface area contributed by atoms with Crippen LogP contribution >= 0.6 is 12.4 Å². The lowest BCUT2D eigenvalue weighted by Crippen LogP contribution is -2.53. The number of hydrogen-bond acceptors (Lipinski definition) is 2. The van der Waals surface area contributed by atoms with E-state index in [9.17, 15) is 4.79 Å². The Kier molecular flexibility index (Phi) is 8.62. The molecule has 3 nitrogen and oxygen atoms in total. The van der Waals surface area contributed by atoms with Crippen LogP contribution in [-0.2, 0) is 4.79 Å². The molecular weight excluding hydrogens is 248 g/mol. The Hall–Kier alpha value is -0.280. The van der Waals surface area contributed by atoms with E-state index in [0.29, 0.717) is 6.54 Å². The normalized spacial score (nSPS) is 19.1. The van der Waals surface area contributed by atoms with Gasteiger partial charge in [0.2, 0.25) is 5.91 Å². The van der Waals surface area contributed by atoms with Crippen molar-refractivity contribution >= 4 is 18.3 Å². The minimum absolute atomic E-state index is 0. The lowest BCUT2D eigenvalue weighted by molar-refractivity contribution is -0.127. The Bertz CT molecular complexity index is 240. The van der Waals surface area contributed by atoms with E-state index in [1.54, 1.807) is 0 Å². The average Bonchev–Trinajstić information content (AvgIpc) is 2.79. The van der Waals surface area contributed by atoms with Gasteiger partial charge in [0.25, 0.3) is 0 Å². The first-order valence-electron chi connectivity index (χ1n) is 7.19. The van der Waals surface area contributed by atoms with Crippen LogP contribution in [0.3, 0.4) is 0 Å². The van der Waals surface area contributed by atoms with Crippen LogP contribution in [0.2, 0.25) is 0 Å². The molecule has 0 radical (unpaired) electrons. The highest BCUT2D eigenvalue weighted by Gasteiger charge is 2.35. The third-order valence-corrected chi connectivity index (χ3v) is 4.11. The molecule has 0 spiro atoms. The first kappa shape index (κ1) is 17.7. The summed E-state index contributed by atoms with van der Waals surface area (Å²) in [5.41, 5.74) is 5.76. The molecular formula is C14H29ClN2O. The molecule has 1 unspecified atom stereocenters. The van der Waals surface area contributed by atoms with Crippen LogP contribution < -0.4 is 11.1 Å². The minimum Gasteiger partial charge on any atom is -0.349 e. The van der Waals surface area contributed by atoms with Crippen molar-refractivity contribution in [2.75, 3.05) is 6.54 Å². The number of halogens is 1. The molecule has 1 amide bonds. The van der Waals surface area contributed by atoms with Crippen molar-refractivity contribution < 1.29 is 4.79 Å². The van der Waals surface area contributed by atoms with Gasteiger partial charge in [-0.25, -0.2) is 0 Å². The smallest absolute Gasteiger partial charge is 0.223 e. The first-order valence-corrected chi connectivity index (χ1v) is 7.19. The molecule has 1 aliphatic rings. The van der Waals surface area contributed by atoms with Crippen molar-refractivity contribution in [1.29, 1.82) is 0 Å². The van der Waals surface area contributed by atoms with Gasteiger partial charge in [0.15, 0.2) is 0 Å². The molecule has 0 aromatic rings. The second-order valence-corrected chi connectivity index (χ2v) is 5.43. The maximum absolute atomic E-state index is 12.2. The van der Waals surface area contributed by atoms with Crippen LogP contribution in [0.15, 0.2) is 0 Å². The third-order valence-electron chi connectivity index (χ3n) is 4.11.